The molecule has 0 fully saturated rings. The topological polar surface area (TPSA) is 247 Å². The average Bonchev–Trinajstić information content (AvgIpc) is 2.35. The van der Waals surface area contributed by atoms with Crippen molar-refractivity contribution in [1.82, 2.24) is 0 Å². The first kappa shape index (κ1) is 24.3. The molecule has 0 aromatic heterocycles. The van der Waals surface area contributed by atoms with Crippen LogP contribution in [-0.4, -0.2) is 68.6 Å². The molecule has 0 spiro atoms. The second-order valence-electron chi connectivity index (χ2n) is 3.22. The van der Waals surface area contributed by atoms with Gasteiger partial charge in [0.1, 0.15) is 12.2 Å². The number of aliphatic hydroxyl groups excluding tert-OH is 4. The Morgan fingerprint density at radius 1 is 0.667 bits per heavy atom. The third-order valence-corrected chi connectivity index (χ3v) is 1.66. The molecule has 0 aromatic carbocycles. The van der Waals surface area contributed by atoms with Crippen molar-refractivity contribution in [3.8, 4) is 0 Å². The van der Waals surface area contributed by atoms with E-state index in [1.165, 1.54) is 0 Å². The number of aliphatic carboxylic acids is 2. The zero-order valence-corrected chi connectivity index (χ0v) is 10.9. The van der Waals surface area contributed by atoms with Crippen molar-refractivity contribution in [3.05, 3.63) is 0 Å². The molecular weight excluding hydrogens is 348 g/mol. The molecule has 8 N–H and O–H groups in total. The summed E-state index contributed by atoms with van der Waals surface area (Å²) in [5, 5.41) is 53.0. The molecule has 0 aliphatic heterocycles. The van der Waals surface area contributed by atoms with E-state index in [1.54, 1.807) is 0 Å². The van der Waals surface area contributed by atoms with E-state index >= 15 is 0 Å². The number of amides is 2. The van der Waals surface area contributed by atoms with Gasteiger partial charge in [0, 0.05) is 0 Å². The number of carboxylic acid groups (broad SMARTS) is 2. The van der Waals surface area contributed by atoms with Crippen molar-refractivity contribution in [2.45, 2.75) is 24.4 Å². The smallest absolute Gasteiger partial charge is 0.547 e. The Morgan fingerprint density at radius 3 is 0.905 bits per heavy atom. The molecule has 0 bridgehead atoms. The molecule has 4 atom stereocenters. The third kappa shape index (κ3) is 9.73. The molecular formula is C8H12CuN2O10. The Hall–Kier alpha value is -1.76. The van der Waals surface area contributed by atoms with Crippen LogP contribution in [0, 0.1) is 0 Å². The summed E-state index contributed by atoms with van der Waals surface area (Å²) >= 11 is 0. The van der Waals surface area contributed by atoms with E-state index in [1.807, 2.05) is 0 Å². The van der Waals surface area contributed by atoms with E-state index in [0.717, 1.165) is 0 Å². The molecule has 0 aromatic rings. The van der Waals surface area contributed by atoms with Crippen LogP contribution < -0.4 is 21.7 Å². The zero-order chi connectivity index (χ0) is 16.6. The third-order valence-electron chi connectivity index (χ3n) is 1.66. The molecule has 0 aliphatic rings. The molecule has 4 unspecified atom stereocenters. The quantitative estimate of drug-likeness (QED) is 0.244. The average molecular weight is 360 g/mol. The predicted molar refractivity (Wildman–Crippen MR) is 52.4 cm³/mol. The van der Waals surface area contributed by atoms with Gasteiger partial charge in [-0.05, 0) is 0 Å². The van der Waals surface area contributed by atoms with Gasteiger partial charge in [-0.25, -0.2) is 0 Å². The van der Waals surface area contributed by atoms with Gasteiger partial charge in [-0.15, -0.1) is 0 Å². The maximum atomic E-state index is 9.97. The number of primary amides is 2. The minimum Gasteiger partial charge on any atom is -0.547 e. The molecule has 1 radical (unpaired) electrons. The second-order valence-corrected chi connectivity index (χ2v) is 3.22. The van der Waals surface area contributed by atoms with Crippen LogP contribution in [0.4, 0.5) is 0 Å². The van der Waals surface area contributed by atoms with Crippen molar-refractivity contribution in [2.75, 3.05) is 0 Å². The first-order valence-corrected chi connectivity index (χ1v) is 4.66. The summed E-state index contributed by atoms with van der Waals surface area (Å²) in [5.41, 5.74) is 8.87. The molecule has 0 rings (SSSR count). The van der Waals surface area contributed by atoms with Crippen LogP contribution in [-0.2, 0) is 36.2 Å². The van der Waals surface area contributed by atoms with Crippen LogP contribution in [0.15, 0.2) is 0 Å². The van der Waals surface area contributed by atoms with Crippen LogP contribution in [0.2, 0.25) is 0 Å². The number of carboxylic acids is 2. The molecule has 21 heavy (non-hydrogen) atoms. The summed E-state index contributed by atoms with van der Waals surface area (Å²) in [6.45, 7) is 0. The summed E-state index contributed by atoms with van der Waals surface area (Å²) in [7, 11) is 0. The van der Waals surface area contributed by atoms with Gasteiger partial charge in [0.05, 0.1) is 11.9 Å². The van der Waals surface area contributed by atoms with Gasteiger partial charge < -0.3 is 51.7 Å². The normalized spacial score (nSPS) is 15.0. The van der Waals surface area contributed by atoms with Crippen LogP contribution in [0.1, 0.15) is 0 Å². The van der Waals surface area contributed by atoms with Crippen LogP contribution >= 0.6 is 0 Å². The summed E-state index contributed by atoms with van der Waals surface area (Å²) in [6, 6.07) is 0. The second kappa shape index (κ2) is 11.0. The maximum absolute atomic E-state index is 9.97. The van der Waals surface area contributed by atoms with E-state index in [0.29, 0.717) is 0 Å². The van der Waals surface area contributed by atoms with Gasteiger partial charge in [-0.2, -0.15) is 0 Å². The van der Waals surface area contributed by atoms with E-state index in [2.05, 4.69) is 11.5 Å². The molecule has 0 heterocycles. The molecule has 0 saturated heterocycles. The fourth-order valence-corrected chi connectivity index (χ4v) is 0.569. The van der Waals surface area contributed by atoms with E-state index < -0.39 is 48.2 Å². The largest absolute Gasteiger partial charge is 2.00 e. The van der Waals surface area contributed by atoms with E-state index in [9.17, 15) is 29.4 Å². The molecule has 12 nitrogen and oxygen atoms in total. The number of hydrogen-bond donors (Lipinski definition) is 6. The Balaban J connectivity index is -0.000000295. The zero-order valence-electron chi connectivity index (χ0n) is 10.0. The number of aliphatic hydroxyl groups is 4. The van der Waals surface area contributed by atoms with Crippen LogP contribution in [0.3, 0.4) is 0 Å². The van der Waals surface area contributed by atoms with Gasteiger partial charge in [-0.1, -0.05) is 0 Å². The predicted octanol–water partition coefficient (Wildman–Crippen LogP) is -8.12. The summed E-state index contributed by atoms with van der Waals surface area (Å²) in [6.07, 6.45) is -8.72. The Kier molecular flexibility index (Phi) is 12.7. The molecule has 13 heteroatoms. The fraction of sp³-hybridized carbons (Fsp3) is 0.500. The first-order chi connectivity index (χ1) is 8.93. The SMILES string of the molecule is NC(=O)C(O)C(O)C(=O)[O-].NC(=O)C(O)C(O)C(=O)[O-].[Cu+2]. The molecule has 2 amide bonds. The van der Waals surface area contributed by atoms with Crippen molar-refractivity contribution in [1.29, 1.82) is 0 Å². The van der Waals surface area contributed by atoms with Gasteiger partial charge in [0.2, 0.25) is 11.8 Å². The number of carbonyl (C=O) groups excluding carboxylic acids is 4. The molecule has 125 valence electrons. The number of rotatable bonds is 6. The Bertz CT molecular complexity index is 317. The number of nitrogens with two attached hydrogens (primary N) is 2. The summed E-state index contributed by atoms with van der Waals surface area (Å²) < 4.78 is 0. The van der Waals surface area contributed by atoms with Crippen LogP contribution in [0.5, 0.6) is 0 Å². The molecule has 0 saturated carbocycles. The van der Waals surface area contributed by atoms with Crippen molar-refractivity contribution in [3.63, 3.8) is 0 Å². The maximum Gasteiger partial charge on any atom is 2.00 e. The first-order valence-electron chi connectivity index (χ1n) is 4.66. The Labute approximate surface area is 127 Å². The minimum atomic E-state index is -2.25. The van der Waals surface area contributed by atoms with E-state index in [4.69, 9.17) is 20.4 Å². The van der Waals surface area contributed by atoms with Gasteiger partial charge in [-0.3, -0.25) is 9.59 Å². The summed E-state index contributed by atoms with van der Waals surface area (Å²) in [4.78, 5) is 39.4. The Morgan fingerprint density at radius 2 is 0.857 bits per heavy atom. The number of carbonyl (C=O) groups is 4. The molecule has 0 aliphatic carbocycles. The van der Waals surface area contributed by atoms with Gasteiger partial charge in [0.15, 0.2) is 12.2 Å². The fourth-order valence-electron chi connectivity index (χ4n) is 0.569. The van der Waals surface area contributed by atoms with Crippen molar-refractivity contribution in [2.24, 2.45) is 11.5 Å². The van der Waals surface area contributed by atoms with Crippen LogP contribution in [0.25, 0.3) is 0 Å². The van der Waals surface area contributed by atoms with Crippen molar-refractivity contribution >= 4 is 23.8 Å². The monoisotopic (exact) mass is 359 g/mol. The number of hydrogen-bond acceptors (Lipinski definition) is 10. The van der Waals surface area contributed by atoms with Gasteiger partial charge >= 0.3 is 17.1 Å². The van der Waals surface area contributed by atoms with Gasteiger partial charge in [0.25, 0.3) is 0 Å². The van der Waals surface area contributed by atoms with E-state index in [-0.39, 0.29) is 17.1 Å². The minimum absolute atomic E-state index is 0. The van der Waals surface area contributed by atoms with Crippen molar-refractivity contribution < 1.29 is 66.9 Å². The standard InChI is InChI=1S/2C4H7NO5.Cu/c2*5-3(8)1(6)2(7)4(9)10;/h2*1-2,6-7H,(H2,5,8)(H,9,10);/q;;+2/p-2. The summed E-state index contributed by atoms with van der Waals surface area (Å²) in [5.74, 6) is -6.49.